The molecule has 0 saturated carbocycles. The zero-order valence-corrected chi connectivity index (χ0v) is 15.8. The third-order valence-electron chi connectivity index (χ3n) is 3.79. The summed E-state index contributed by atoms with van der Waals surface area (Å²) in [6, 6.07) is 8.76. The van der Waals surface area contributed by atoms with Crippen molar-refractivity contribution in [3.8, 4) is 0 Å². The van der Waals surface area contributed by atoms with Crippen molar-refractivity contribution >= 4 is 8.58 Å². The number of rotatable bonds is 10. The Bertz CT molecular complexity index is 585. The van der Waals surface area contributed by atoms with Crippen LogP contribution in [0.2, 0.25) is 0 Å². The Morgan fingerprint density at radius 3 is 2.58 bits per heavy atom. The fraction of sp³-hybridized carbons (Fsp3) is 0.300. The highest BCUT2D eigenvalue weighted by molar-refractivity contribution is 7.37. The number of allylic oxidation sites excluding steroid dienone is 4. The first-order valence-corrected chi connectivity index (χ1v) is 9.82. The topological polar surface area (TPSA) is 64.1 Å². The Morgan fingerprint density at radius 1 is 1.33 bits per heavy atom. The van der Waals surface area contributed by atoms with Crippen LogP contribution in [0.5, 0.6) is 0 Å². The van der Waals surface area contributed by atoms with Gasteiger partial charge >= 0.3 is 0 Å². The third kappa shape index (κ3) is 7.16. The monoisotopic (exact) mass is 343 g/mol. The molecule has 0 aliphatic rings. The van der Waals surface area contributed by atoms with E-state index in [0.717, 1.165) is 33.7 Å². The molecule has 0 saturated heterocycles. The lowest BCUT2D eigenvalue weighted by Crippen LogP contribution is -2.20. The number of hydrogen-bond acceptors (Lipinski definition) is 3. The van der Waals surface area contributed by atoms with Crippen molar-refractivity contribution in [3.63, 3.8) is 0 Å². The van der Waals surface area contributed by atoms with Gasteiger partial charge in [0.05, 0.1) is 0 Å². The van der Waals surface area contributed by atoms with Gasteiger partial charge in [0.15, 0.2) is 0 Å². The van der Waals surface area contributed by atoms with Gasteiger partial charge in [-0.25, -0.2) is 0 Å². The molecule has 0 aliphatic carbocycles. The molecule has 0 fully saturated rings. The summed E-state index contributed by atoms with van der Waals surface area (Å²) in [7, 11) is 0.787. The van der Waals surface area contributed by atoms with Crippen molar-refractivity contribution in [1.82, 2.24) is 5.32 Å². The summed E-state index contributed by atoms with van der Waals surface area (Å²) < 4.78 is 0. The van der Waals surface area contributed by atoms with Gasteiger partial charge in [-0.2, -0.15) is 0 Å². The van der Waals surface area contributed by atoms with E-state index in [4.69, 9.17) is 11.5 Å². The second-order valence-corrected chi connectivity index (χ2v) is 6.71. The van der Waals surface area contributed by atoms with Crippen LogP contribution in [-0.4, -0.2) is 13.2 Å². The van der Waals surface area contributed by atoms with E-state index in [-0.39, 0.29) is 0 Å². The molecule has 0 aromatic heterocycles. The van der Waals surface area contributed by atoms with E-state index in [9.17, 15) is 0 Å². The summed E-state index contributed by atoms with van der Waals surface area (Å²) in [4.78, 5) is 0. The molecule has 0 spiro atoms. The Kier molecular flexibility index (Phi) is 9.83. The highest BCUT2D eigenvalue weighted by Crippen LogP contribution is 2.29. The smallest absolute Gasteiger partial charge is 0.0492 e. The van der Waals surface area contributed by atoms with Crippen LogP contribution in [0.25, 0.3) is 0 Å². The van der Waals surface area contributed by atoms with Crippen molar-refractivity contribution in [1.29, 1.82) is 0 Å². The maximum Gasteiger partial charge on any atom is 0.0492 e. The van der Waals surface area contributed by atoms with Gasteiger partial charge in [0.25, 0.3) is 0 Å². The van der Waals surface area contributed by atoms with Crippen LogP contribution in [0, 0.1) is 0 Å². The van der Waals surface area contributed by atoms with E-state index in [0.29, 0.717) is 5.78 Å². The van der Waals surface area contributed by atoms with Gasteiger partial charge in [0, 0.05) is 24.2 Å². The molecule has 2 atom stereocenters. The highest BCUT2D eigenvalue weighted by atomic mass is 31.1. The van der Waals surface area contributed by atoms with Crippen LogP contribution < -0.4 is 16.8 Å². The minimum atomic E-state index is 0.363. The van der Waals surface area contributed by atoms with E-state index in [2.05, 4.69) is 48.9 Å². The first-order chi connectivity index (χ1) is 11.6. The van der Waals surface area contributed by atoms with Crippen LogP contribution in [0.15, 0.2) is 72.6 Å². The Labute approximate surface area is 148 Å². The van der Waals surface area contributed by atoms with Crippen molar-refractivity contribution < 1.29 is 0 Å². The Morgan fingerprint density at radius 2 is 2.04 bits per heavy atom. The summed E-state index contributed by atoms with van der Waals surface area (Å²) in [5.74, 6) is 0.363. The standard InChI is InChI=1S/C20H30N3P/c1-4-6-7-16(5-2)15-23-20(24-3)18-11-8-17(9-12-18)10-13-19(22)14-21/h4-9,11-12,14,20,23-24H,2,10,13,15,21-22H2,1,3H3/b6-4-,16-7+,19-14-. The normalized spacial score (nSPS) is 14.6. The lowest BCUT2D eigenvalue weighted by Gasteiger charge is -2.18. The summed E-state index contributed by atoms with van der Waals surface area (Å²) in [6.07, 6.45) is 11.2. The molecular weight excluding hydrogens is 313 g/mol. The summed E-state index contributed by atoms with van der Waals surface area (Å²) in [5.41, 5.74) is 15.7. The van der Waals surface area contributed by atoms with Gasteiger partial charge in [0.1, 0.15) is 0 Å². The van der Waals surface area contributed by atoms with Crippen LogP contribution in [-0.2, 0) is 6.42 Å². The summed E-state index contributed by atoms with van der Waals surface area (Å²) in [5, 5.41) is 3.62. The average Bonchev–Trinajstić information content (AvgIpc) is 2.63. The summed E-state index contributed by atoms with van der Waals surface area (Å²) >= 11 is 0. The molecule has 0 amide bonds. The molecule has 0 radical (unpaired) electrons. The number of hydrogen-bond donors (Lipinski definition) is 3. The van der Waals surface area contributed by atoms with Crippen LogP contribution >= 0.6 is 8.58 Å². The van der Waals surface area contributed by atoms with E-state index in [1.807, 2.05) is 25.2 Å². The number of aryl methyl sites for hydroxylation is 1. The molecule has 1 aromatic rings. The van der Waals surface area contributed by atoms with Gasteiger partial charge in [0.2, 0.25) is 0 Å². The fourth-order valence-electron chi connectivity index (χ4n) is 2.27. The van der Waals surface area contributed by atoms with Crippen molar-refractivity contribution in [3.05, 3.63) is 83.7 Å². The Hall–Kier alpha value is -1.83. The van der Waals surface area contributed by atoms with Crippen LogP contribution in [0.1, 0.15) is 30.3 Å². The molecule has 4 heteroatoms. The van der Waals surface area contributed by atoms with Gasteiger partial charge in [-0.05, 0) is 43.1 Å². The zero-order chi connectivity index (χ0) is 17.8. The van der Waals surface area contributed by atoms with E-state index in [1.165, 1.54) is 22.9 Å². The van der Waals surface area contributed by atoms with Crippen LogP contribution in [0.4, 0.5) is 0 Å². The largest absolute Gasteiger partial charge is 0.403 e. The number of nitrogens with two attached hydrogens (primary N) is 2. The second kappa shape index (κ2) is 11.7. The van der Waals surface area contributed by atoms with Crippen LogP contribution in [0.3, 0.4) is 0 Å². The predicted octanol–water partition coefficient (Wildman–Crippen LogP) is 3.96. The lowest BCUT2D eigenvalue weighted by atomic mass is 10.1. The van der Waals surface area contributed by atoms with E-state index >= 15 is 0 Å². The predicted molar refractivity (Wildman–Crippen MR) is 109 cm³/mol. The first kappa shape index (κ1) is 20.2. The molecule has 1 rings (SSSR count). The molecule has 0 bridgehead atoms. The maximum atomic E-state index is 5.75. The first-order valence-electron chi connectivity index (χ1n) is 8.24. The van der Waals surface area contributed by atoms with Gasteiger partial charge in [-0.15, -0.1) is 8.58 Å². The Balaban J connectivity index is 2.66. The average molecular weight is 343 g/mol. The molecule has 5 N–H and O–H groups in total. The minimum Gasteiger partial charge on any atom is -0.403 e. The number of nitrogens with one attached hydrogen (secondary N) is 1. The molecule has 2 unspecified atom stereocenters. The van der Waals surface area contributed by atoms with Gasteiger partial charge in [-0.1, -0.05) is 55.1 Å². The van der Waals surface area contributed by atoms with E-state index in [1.54, 1.807) is 0 Å². The quantitative estimate of drug-likeness (QED) is 0.445. The molecule has 1 aromatic carbocycles. The SMILES string of the molecule is C=C/C(=C\C=C/C)CNC(PC)c1ccc(CC/C(N)=C/N)cc1. The molecular formula is C20H30N3P. The zero-order valence-electron chi connectivity index (χ0n) is 14.8. The molecule has 3 nitrogen and oxygen atoms in total. The van der Waals surface area contributed by atoms with Gasteiger partial charge in [-0.3, -0.25) is 0 Å². The van der Waals surface area contributed by atoms with Crippen molar-refractivity contribution in [2.45, 2.75) is 25.5 Å². The summed E-state index contributed by atoms with van der Waals surface area (Å²) in [6.45, 7) is 8.94. The third-order valence-corrected chi connectivity index (χ3v) is 4.91. The molecule has 24 heavy (non-hydrogen) atoms. The molecule has 0 heterocycles. The van der Waals surface area contributed by atoms with Crippen molar-refractivity contribution in [2.75, 3.05) is 13.2 Å². The molecule has 0 aliphatic heterocycles. The van der Waals surface area contributed by atoms with Crippen molar-refractivity contribution in [2.24, 2.45) is 11.5 Å². The number of benzene rings is 1. The van der Waals surface area contributed by atoms with Gasteiger partial charge < -0.3 is 16.8 Å². The minimum absolute atomic E-state index is 0.363. The second-order valence-electron chi connectivity index (χ2n) is 5.56. The lowest BCUT2D eigenvalue weighted by molar-refractivity contribution is 0.724. The van der Waals surface area contributed by atoms with E-state index < -0.39 is 0 Å². The fourth-order valence-corrected chi connectivity index (χ4v) is 3.11. The highest BCUT2D eigenvalue weighted by Gasteiger charge is 2.08. The molecule has 130 valence electrons. The maximum absolute atomic E-state index is 5.75.